The molecule has 2 aromatic rings. The van der Waals surface area contributed by atoms with Crippen molar-refractivity contribution in [3.8, 4) is 6.07 Å². The first-order valence-corrected chi connectivity index (χ1v) is 7.84. The van der Waals surface area contributed by atoms with Gasteiger partial charge in [0.1, 0.15) is 6.04 Å². The first-order chi connectivity index (χ1) is 9.45. The summed E-state index contributed by atoms with van der Waals surface area (Å²) in [4.78, 5) is 0.205. The third-order valence-electron chi connectivity index (χ3n) is 3.13. The standard InChI is InChI=1S/C15H16N2O2S/c1-11(2)14(10-16)17-20(18,19)15-9-5-7-12-6-3-4-8-13(12)15/h3-9,11,14,17H,1-2H3. The predicted molar refractivity (Wildman–Crippen MR) is 78.5 cm³/mol. The van der Waals surface area contributed by atoms with E-state index in [2.05, 4.69) is 4.72 Å². The lowest BCUT2D eigenvalue weighted by molar-refractivity contribution is 0.515. The second kappa shape index (κ2) is 5.61. The van der Waals surface area contributed by atoms with E-state index in [1.165, 1.54) is 0 Å². The number of hydrogen-bond donors (Lipinski definition) is 1. The minimum Gasteiger partial charge on any atom is -0.207 e. The van der Waals surface area contributed by atoms with Gasteiger partial charge in [0.25, 0.3) is 0 Å². The largest absolute Gasteiger partial charge is 0.242 e. The second-order valence-corrected chi connectivity index (χ2v) is 6.63. The van der Waals surface area contributed by atoms with Gasteiger partial charge >= 0.3 is 0 Å². The molecule has 0 aliphatic carbocycles. The molecule has 1 unspecified atom stereocenters. The maximum atomic E-state index is 12.5. The number of rotatable bonds is 4. The topological polar surface area (TPSA) is 70.0 Å². The van der Waals surface area contributed by atoms with Gasteiger partial charge in [0.15, 0.2) is 0 Å². The van der Waals surface area contributed by atoms with E-state index in [1.54, 1.807) is 38.1 Å². The molecule has 0 bridgehead atoms. The van der Waals surface area contributed by atoms with Crippen LogP contribution >= 0.6 is 0 Å². The van der Waals surface area contributed by atoms with E-state index in [0.29, 0.717) is 5.39 Å². The summed E-state index contributed by atoms with van der Waals surface area (Å²) in [5, 5.41) is 10.6. The van der Waals surface area contributed by atoms with Crippen LogP contribution in [0.25, 0.3) is 10.8 Å². The predicted octanol–water partition coefficient (Wildman–Crippen LogP) is 2.67. The molecule has 0 fully saturated rings. The quantitative estimate of drug-likeness (QED) is 0.940. The summed E-state index contributed by atoms with van der Waals surface area (Å²) in [6.45, 7) is 3.61. The van der Waals surface area contributed by atoms with E-state index >= 15 is 0 Å². The summed E-state index contributed by atoms with van der Waals surface area (Å²) >= 11 is 0. The van der Waals surface area contributed by atoms with Crippen molar-refractivity contribution in [2.45, 2.75) is 24.8 Å². The van der Waals surface area contributed by atoms with Crippen molar-refractivity contribution in [3.63, 3.8) is 0 Å². The molecule has 0 radical (unpaired) electrons. The van der Waals surface area contributed by atoms with Crippen LogP contribution in [0.5, 0.6) is 0 Å². The average molecular weight is 288 g/mol. The third-order valence-corrected chi connectivity index (χ3v) is 4.63. The fraction of sp³-hybridized carbons (Fsp3) is 0.267. The van der Waals surface area contributed by atoms with Gasteiger partial charge in [0.05, 0.1) is 11.0 Å². The van der Waals surface area contributed by atoms with Crippen molar-refractivity contribution >= 4 is 20.8 Å². The SMILES string of the molecule is CC(C)C(C#N)NS(=O)(=O)c1cccc2ccccc12. The maximum absolute atomic E-state index is 12.5. The van der Waals surface area contributed by atoms with Crippen molar-refractivity contribution in [2.75, 3.05) is 0 Å². The zero-order chi connectivity index (χ0) is 14.8. The minimum absolute atomic E-state index is 0.0928. The number of benzene rings is 2. The van der Waals surface area contributed by atoms with Gasteiger partial charge in [-0.15, -0.1) is 0 Å². The molecule has 0 aliphatic heterocycles. The fourth-order valence-corrected chi connectivity index (χ4v) is 3.49. The van der Waals surface area contributed by atoms with Crippen molar-refractivity contribution in [2.24, 2.45) is 5.92 Å². The zero-order valence-electron chi connectivity index (χ0n) is 11.4. The first kappa shape index (κ1) is 14.5. The zero-order valence-corrected chi connectivity index (χ0v) is 12.2. The molecule has 2 aromatic carbocycles. The van der Waals surface area contributed by atoms with Crippen LogP contribution in [0.3, 0.4) is 0 Å². The number of nitriles is 1. The van der Waals surface area contributed by atoms with Gasteiger partial charge in [-0.25, -0.2) is 8.42 Å². The number of hydrogen-bond acceptors (Lipinski definition) is 3. The van der Waals surface area contributed by atoms with E-state index in [-0.39, 0.29) is 10.8 Å². The Morgan fingerprint density at radius 2 is 1.75 bits per heavy atom. The van der Waals surface area contributed by atoms with Gasteiger partial charge < -0.3 is 0 Å². The van der Waals surface area contributed by atoms with E-state index in [1.807, 2.05) is 24.3 Å². The molecule has 0 spiro atoms. The lowest BCUT2D eigenvalue weighted by atomic mass is 10.1. The molecule has 1 N–H and O–H groups in total. The van der Waals surface area contributed by atoms with E-state index in [0.717, 1.165) is 5.39 Å². The lowest BCUT2D eigenvalue weighted by Gasteiger charge is -2.16. The normalized spacial score (nSPS) is 13.3. The molecule has 4 nitrogen and oxygen atoms in total. The van der Waals surface area contributed by atoms with Crippen LogP contribution < -0.4 is 4.72 Å². The van der Waals surface area contributed by atoms with Crippen LogP contribution in [0.1, 0.15) is 13.8 Å². The van der Waals surface area contributed by atoms with Crippen LogP contribution in [0, 0.1) is 17.2 Å². The molecule has 20 heavy (non-hydrogen) atoms. The molecule has 0 amide bonds. The average Bonchev–Trinajstić information content (AvgIpc) is 2.43. The molecule has 0 saturated heterocycles. The highest BCUT2D eigenvalue weighted by molar-refractivity contribution is 7.89. The van der Waals surface area contributed by atoms with Gasteiger partial charge in [0, 0.05) is 5.39 Å². The Bertz CT molecular complexity index is 756. The highest BCUT2D eigenvalue weighted by Crippen LogP contribution is 2.23. The molecule has 0 aromatic heterocycles. The first-order valence-electron chi connectivity index (χ1n) is 6.35. The second-order valence-electron chi connectivity index (χ2n) is 4.95. The van der Waals surface area contributed by atoms with Crippen LogP contribution in [0.4, 0.5) is 0 Å². The molecule has 0 saturated carbocycles. The molecule has 104 valence electrons. The Hall–Kier alpha value is -1.90. The summed E-state index contributed by atoms with van der Waals surface area (Å²) < 4.78 is 27.4. The van der Waals surface area contributed by atoms with Crippen LogP contribution in [-0.4, -0.2) is 14.5 Å². The van der Waals surface area contributed by atoms with Gasteiger partial charge in [0.2, 0.25) is 10.0 Å². The molecule has 0 aliphatic rings. The van der Waals surface area contributed by atoms with E-state index in [4.69, 9.17) is 5.26 Å². The Kier molecular flexibility index (Phi) is 4.07. The summed E-state index contributed by atoms with van der Waals surface area (Å²) in [6.07, 6.45) is 0. The lowest BCUT2D eigenvalue weighted by Crippen LogP contribution is -2.37. The highest BCUT2D eigenvalue weighted by Gasteiger charge is 2.23. The van der Waals surface area contributed by atoms with Crippen LogP contribution in [0.15, 0.2) is 47.4 Å². The summed E-state index contributed by atoms with van der Waals surface area (Å²) in [6, 6.07) is 13.6. The molecule has 5 heteroatoms. The van der Waals surface area contributed by atoms with E-state index < -0.39 is 16.1 Å². The summed E-state index contributed by atoms with van der Waals surface area (Å²) in [5.74, 6) is -0.0928. The number of nitrogens with zero attached hydrogens (tertiary/aromatic N) is 1. The maximum Gasteiger partial charge on any atom is 0.242 e. The molecular formula is C15H16N2O2S. The van der Waals surface area contributed by atoms with Gasteiger partial charge in [-0.3, -0.25) is 0 Å². The summed E-state index contributed by atoms with van der Waals surface area (Å²) in [5.41, 5.74) is 0. The van der Waals surface area contributed by atoms with Crippen molar-refractivity contribution in [1.29, 1.82) is 5.26 Å². The Morgan fingerprint density at radius 1 is 1.10 bits per heavy atom. The Balaban J connectivity index is 2.50. The molecule has 1 atom stereocenters. The smallest absolute Gasteiger partial charge is 0.207 e. The van der Waals surface area contributed by atoms with Gasteiger partial charge in [-0.2, -0.15) is 9.98 Å². The molecular weight excluding hydrogens is 272 g/mol. The minimum atomic E-state index is -3.72. The number of nitrogens with one attached hydrogen (secondary N) is 1. The monoisotopic (exact) mass is 288 g/mol. The Labute approximate surface area is 119 Å². The summed E-state index contributed by atoms with van der Waals surface area (Å²) in [7, 11) is -3.72. The number of sulfonamides is 1. The highest BCUT2D eigenvalue weighted by atomic mass is 32.2. The van der Waals surface area contributed by atoms with Crippen LogP contribution in [0.2, 0.25) is 0 Å². The van der Waals surface area contributed by atoms with E-state index in [9.17, 15) is 8.42 Å². The van der Waals surface area contributed by atoms with Crippen molar-refractivity contribution < 1.29 is 8.42 Å². The Morgan fingerprint density at radius 3 is 2.40 bits per heavy atom. The van der Waals surface area contributed by atoms with Crippen molar-refractivity contribution in [3.05, 3.63) is 42.5 Å². The molecule has 0 heterocycles. The van der Waals surface area contributed by atoms with Gasteiger partial charge in [-0.1, -0.05) is 50.2 Å². The van der Waals surface area contributed by atoms with Gasteiger partial charge in [-0.05, 0) is 17.4 Å². The van der Waals surface area contributed by atoms with Crippen LogP contribution in [-0.2, 0) is 10.0 Å². The fourth-order valence-electron chi connectivity index (χ4n) is 1.97. The molecule has 2 rings (SSSR count). The van der Waals surface area contributed by atoms with Crippen molar-refractivity contribution in [1.82, 2.24) is 4.72 Å². The third kappa shape index (κ3) is 2.82. The number of fused-ring (bicyclic) bond motifs is 1.